The number of nitrogens with one attached hydrogen (secondary N) is 1. The summed E-state index contributed by atoms with van der Waals surface area (Å²) in [5.41, 5.74) is 2.79. The molecule has 37 heavy (non-hydrogen) atoms. The predicted octanol–water partition coefficient (Wildman–Crippen LogP) is 3.50. The zero-order valence-electron chi connectivity index (χ0n) is 20.2. The summed E-state index contributed by atoms with van der Waals surface area (Å²) in [5, 5.41) is 14.5. The molecule has 11 heteroatoms. The van der Waals surface area contributed by atoms with Crippen molar-refractivity contribution in [2.45, 2.75) is 19.4 Å². The van der Waals surface area contributed by atoms with E-state index in [1.165, 1.54) is 21.8 Å². The van der Waals surface area contributed by atoms with Crippen LogP contribution in [0.15, 0.2) is 47.5 Å². The Kier molecular flexibility index (Phi) is 8.04. The Hall–Kier alpha value is -2.99. The summed E-state index contributed by atoms with van der Waals surface area (Å²) in [7, 11) is 0. The van der Waals surface area contributed by atoms with Crippen LogP contribution in [0.5, 0.6) is 5.75 Å². The summed E-state index contributed by atoms with van der Waals surface area (Å²) >= 11 is 5.58. The largest absolute Gasteiger partial charge is 0.501 e. The molecule has 0 atom stereocenters. The van der Waals surface area contributed by atoms with Gasteiger partial charge in [-0.3, -0.25) is 9.20 Å². The van der Waals surface area contributed by atoms with Crippen molar-refractivity contribution in [1.82, 2.24) is 19.7 Å². The minimum absolute atomic E-state index is 0.160. The van der Waals surface area contributed by atoms with Crippen molar-refractivity contribution in [3.63, 3.8) is 0 Å². The minimum atomic E-state index is -0.542. The molecule has 0 spiro atoms. The maximum atomic E-state index is 13.9. The van der Waals surface area contributed by atoms with Gasteiger partial charge in [-0.2, -0.15) is 12.6 Å². The standard InChI is InChI=1S/C26H28FN5O3S2/c27-19-3-2-17(18(12-19)14-28-6-1-11-36)13-21-15-29-25(37-21)23-24(33)26(34)32-16-20(4-5-22(32)30-23)31-7-9-35-10-8-31/h2-5,12,15-16,28,33,36H,1,6-11,13-14H2. The Balaban J connectivity index is 1.39. The van der Waals surface area contributed by atoms with E-state index in [4.69, 9.17) is 4.74 Å². The molecule has 2 N–H and O–H groups in total. The second-order valence-electron chi connectivity index (χ2n) is 8.80. The highest BCUT2D eigenvalue weighted by atomic mass is 32.1. The van der Waals surface area contributed by atoms with Crippen LogP contribution in [-0.2, 0) is 17.7 Å². The number of hydrogen-bond acceptors (Lipinski definition) is 9. The predicted molar refractivity (Wildman–Crippen MR) is 147 cm³/mol. The Morgan fingerprint density at radius 2 is 2.03 bits per heavy atom. The number of nitrogens with zero attached hydrogens (tertiary/aromatic N) is 4. The fourth-order valence-corrected chi connectivity index (χ4v) is 5.41. The molecule has 0 saturated carbocycles. The maximum absolute atomic E-state index is 13.9. The van der Waals surface area contributed by atoms with Gasteiger partial charge in [-0.1, -0.05) is 6.07 Å². The van der Waals surface area contributed by atoms with Crippen molar-refractivity contribution in [3.05, 3.63) is 74.9 Å². The molecule has 4 heterocycles. The Morgan fingerprint density at radius 1 is 1.19 bits per heavy atom. The van der Waals surface area contributed by atoms with Crippen LogP contribution < -0.4 is 15.8 Å². The normalized spacial score (nSPS) is 13.9. The van der Waals surface area contributed by atoms with Crippen molar-refractivity contribution in [3.8, 4) is 16.5 Å². The summed E-state index contributed by atoms with van der Waals surface area (Å²) in [6, 6.07) is 8.48. The van der Waals surface area contributed by atoms with Crippen LogP contribution in [0.2, 0.25) is 0 Å². The maximum Gasteiger partial charge on any atom is 0.300 e. The molecule has 0 amide bonds. The van der Waals surface area contributed by atoms with Gasteiger partial charge in [0.05, 0.1) is 18.9 Å². The summed E-state index contributed by atoms with van der Waals surface area (Å²) in [6.45, 7) is 4.10. The average Bonchev–Trinajstić information content (AvgIpc) is 3.38. The molecule has 1 saturated heterocycles. The quantitative estimate of drug-likeness (QED) is 0.221. The minimum Gasteiger partial charge on any atom is -0.501 e. The highest BCUT2D eigenvalue weighted by Crippen LogP contribution is 2.31. The number of ether oxygens (including phenoxy) is 1. The number of pyridine rings is 1. The third-order valence-electron chi connectivity index (χ3n) is 6.28. The van der Waals surface area contributed by atoms with Crippen molar-refractivity contribution < 1.29 is 14.2 Å². The zero-order chi connectivity index (χ0) is 25.8. The zero-order valence-corrected chi connectivity index (χ0v) is 21.9. The van der Waals surface area contributed by atoms with E-state index in [9.17, 15) is 14.3 Å². The number of thiol groups is 1. The first kappa shape index (κ1) is 25.7. The van der Waals surface area contributed by atoms with E-state index >= 15 is 0 Å². The second-order valence-corrected chi connectivity index (χ2v) is 10.4. The molecule has 1 aliphatic heterocycles. The van der Waals surface area contributed by atoms with Crippen LogP contribution in [0.25, 0.3) is 16.3 Å². The smallest absolute Gasteiger partial charge is 0.300 e. The number of thiazole rings is 1. The lowest BCUT2D eigenvalue weighted by atomic mass is 10.0. The van der Waals surface area contributed by atoms with E-state index < -0.39 is 11.3 Å². The number of hydrogen-bond donors (Lipinski definition) is 3. The lowest BCUT2D eigenvalue weighted by Gasteiger charge is -2.28. The summed E-state index contributed by atoms with van der Waals surface area (Å²) in [5.74, 6) is 0.0802. The molecule has 194 valence electrons. The van der Waals surface area contributed by atoms with Crippen molar-refractivity contribution in [2.24, 2.45) is 0 Å². The molecule has 1 aromatic carbocycles. The molecular weight excluding hydrogens is 513 g/mol. The van der Waals surface area contributed by atoms with E-state index in [0.717, 1.165) is 53.5 Å². The van der Waals surface area contributed by atoms with Gasteiger partial charge in [-0.15, -0.1) is 11.3 Å². The molecule has 4 aromatic rings. The van der Waals surface area contributed by atoms with E-state index in [1.807, 2.05) is 6.07 Å². The molecule has 0 unspecified atom stereocenters. The first-order chi connectivity index (χ1) is 18.0. The van der Waals surface area contributed by atoms with Gasteiger partial charge in [0, 0.05) is 43.3 Å². The van der Waals surface area contributed by atoms with Crippen LogP contribution >= 0.6 is 24.0 Å². The fraction of sp³-hybridized carbons (Fsp3) is 0.346. The second kappa shape index (κ2) is 11.6. The molecule has 5 rings (SSSR count). The van der Waals surface area contributed by atoms with E-state index in [1.54, 1.807) is 30.6 Å². The highest BCUT2D eigenvalue weighted by molar-refractivity contribution is 7.80. The topological polar surface area (TPSA) is 92.0 Å². The first-order valence-electron chi connectivity index (χ1n) is 12.2. The van der Waals surface area contributed by atoms with Crippen LogP contribution in [-0.4, -0.2) is 58.1 Å². The number of rotatable bonds is 9. The number of anilines is 1. The molecule has 0 radical (unpaired) electrons. The number of benzene rings is 1. The third-order valence-corrected chi connectivity index (χ3v) is 7.60. The number of aromatic nitrogens is 3. The molecular formula is C26H28FN5O3S2. The van der Waals surface area contributed by atoms with E-state index in [-0.39, 0.29) is 11.5 Å². The van der Waals surface area contributed by atoms with Gasteiger partial charge < -0.3 is 20.1 Å². The lowest BCUT2D eigenvalue weighted by Crippen LogP contribution is -2.36. The number of fused-ring (bicyclic) bond motifs is 1. The van der Waals surface area contributed by atoms with E-state index in [0.29, 0.717) is 36.8 Å². The first-order valence-corrected chi connectivity index (χ1v) is 13.6. The van der Waals surface area contributed by atoms with Crippen molar-refractivity contribution in [2.75, 3.05) is 43.5 Å². The van der Waals surface area contributed by atoms with Crippen LogP contribution in [0.1, 0.15) is 22.4 Å². The fourth-order valence-electron chi connectivity index (χ4n) is 4.32. The highest BCUT2D eigenvalue weighted by Gasteiger charge is 2.19. The van der Waals surface area contributed by atoms with Gasteiger partial charge in [0.2, 0.25) is 5.75 Å². The number of morpholine rings is 1. The summed E-state index contributed by atoms with van der Waals surface area (Å²) in [4.78, 5) is 25.1. The van der Waals surface area contributed by atoms with Crippen LogP contribution in [0, 0.1) is 5.82 Å². The Bertz CT molecular complexity index is 1450. The molecule has 3 aromatic heterocycles. The molecule has 1 fully saturated rings. The summed E-state index contributed by atoms with van der Waals surface area (Å²) in [6.07, 6.45) is 4.90. The third kappa shape index (κ3) is 5.80. The van der Waals surface area contributed by atoms with Crippen molar-refractivity contribution in [1.29, 1.82) is 0 Å². The van der Waals surface area contributed by atoms with Crippen LogP contribution in [0.4, 0.5) is 10.1 Å². The lowest BCUT2D eigenvalue weighted by molar-refractivity contribution is 0.122. The van der Waals surface area contributed by atoms with Gasteiger partial charge in [-0.05, 0) is 54.1 Å². The average molecular weight is 542 g/mol. The SMILES string of the molecule is O=c1c(O)c(-c2ncc(Cc3ccc(F)cc3CNCCCS)s2)nc2ccc(N3CCOCC3)cn12. The molecule has 0 bridgehead atoms. The van der Waals surface area contributed by atoms with Gasteiger partial charge in [-0.25, -0.2) is 14.4 Å². The van der Waals surface area contributed by atoms with E-state index in [2.05, 4.69) is 32.8 Å². The Labute approximate surface area is 223 Å². The molecule has 8 nitrogen and oxygen atoms in total. The summed E-state index contributed by atoms with van der Waals surface area (Å²) < 4.78 is 20.7. The monoisotopic (exact) mass is 541 g/mol. The van der Waals surface area contributed by atoms with Gasteiger partial charge in [0.25, 0.3) is 0 Å². The van der Waals surface area contributed by atoms with Gasteiger partial charge in [0.1, 0.15) is 22.2 Å². The van der Waals surface area contributed by atoms with Gasteiger partial charge >= 0.3 is 5.56 Å². The molecule has 1 aliphatic rings. The Morgan fingerprint density at radius 3 is 2.84 bits per heavy atom. The van der Waals surface area contributed by atoms with Crippen LogP contribution in [0.3, 0.4) is 0 Å². The number of halogens is 1. The molecule has 0 aliphatic carbocycles. The number of aromatic hydroxyl groups is 1. The van der Waals surface area contributed by atoms with Crippen molar-refractivity contribution >= 4 is 35.3 Å². The van der Waals surface area contributed by atoms with Gasteiger partial charge in [0.15, 0.2) is 0 Å².